The quantitative estimate of drug-likeness (QED) is 0.741. The lowest BCUT2D eigenvalue weighted by atomic mass is 10.2. The van der Waals surface area contributed by atoms with E-state index in [9.17, 15) is 9.59 Å². The Morgan fingerprint density at radius 1 is 1.08 bits per heavy atom. The number of rotatable bonds is 7. The summed E-state index contributed by atoms with van der Waals surface area (Å²) < 4.78 is 5.11. The van der Waals surface area contributed by atoms with Gasteiger partial charge < -0.3 is 15.4 Å². The van der Waals surface area contributed by atoms with E-state index in [0.717, 1.165) is 23.5 Å². The summed E-state index contributed by atoms with van der Waals surface area (Å²) in [6.45, 7) is 0. The van der Waals surface area contributed by atoms with Gasteiger partial charge in [0.15, 0.2) is 0 Å². The molecule has 0 spiro atoms. The molecule has 1 saturated carbocycles. The largest absolute Gasteiger partial charge is 0.497 e. The minimum atomic E-state index is -0.0912. The zero-order valence-corrected chi connectivity index (χ0v) is 14.8. The van der Waals surface area contributed by atoms with Gasteiger partial charge in [0.05, 0.1) is 12.9 Å². The molecule has 2 aromatic rings. The molecule has 0 unspecified atom stereocenters. The van der Waals surface area contributed by atoms with Gasteiger partial charge in [-0.25, -0.2) is 0 Å². The molecule has 0 radical (unpaired) electrons. The van der Waals surface area contributed by atoms with E-state index < -0.39 is 0 Å². The molecule has 1 fully saturated rings. The van der Waals surface area contributed by atoms with Crippen LogP contribution in [0.5, 0.6) is 5.75 Å². The number of amides is 2. The molecule has 0 saturated heterocycles. The maximum Gasteiger partial charge on any atom is 0.234 e. The van der Waals surface area contributed by atoms with Crippen LogP contribution in [0.3, 0.4) is 0 Å². The van der Waals surface area contributed by atoms with Gasteiger partial charge in [-0.1, -0.05) is 6.07 Å². The number of anilines is 2. The molecule has 25 heavy (non-hydrogen) atoms. The molecule has 0 aliphatic heterocycles. The SMILES string of the molecule is COc1ccc(SCC(=O)Nc2cccc(NC(=O)C3CC3)c2)cc1. The standard InChI is InChI=1S/C19H20N2O3S/c1-24-16-7-9-17(10-8-16)25-12-18(22)20-14-3-2-4-15(11-14)21-19(23)13-5-6-13/h2-4,7-11,13H,5-6,12H2,1H3,(H,20,22)(H,21,23). The Morgan fingerprint density at radius 3 is 2.40 bits per heavy atom. The maximum atomic E-state index is 12.1. The second-order valence-corrected chi connectivity index (χ2v) is 6.91. The summed E-state index contributed by atoms with van der Waals surface area (Å²) in [4.78, 5) is 24.9. The smallest absolute Gasteiger partial charge is 0.234 e. The summed E-state index contributed by atoms with van der Waals surface area (Å²) in [5.74, 6) is 1.22. The molecule has 130 valence electrons. The molecular formula is C19H20N2O3S. The topological polar surface area (TPSA) is 67.4 Å². The van der Waals surface area contributed by atoms with Gasteiger partial charge in [-0.3, -0.25) is 9.59 Å². The van der Waals surface area contributed by atoms with Crippen LogP contribution < -0.4 is 15.4 Å². The molecule has 2 N–H and O–H groups in total. The average molecular weight is 356 g/mol. The van der Waals surface area contributed by atoms with Crippen molar-refractivity contribution in [1.82, 2.24) is 0 Å². The van der Waals surface area contributed by atoms with Crippen LogP contribution in [0.25, 0.3) is 0 Å². The van der Waals surface area contributed by atoms with Crippen LogP contribution in [0.2, 0.25) is 0 Å². The van der Waals surface area contributed by atoms with Crippen molar-refractivity contribution in [1.29, 1.82) is 0 Å². The van der Waals surface area contributed by atoms with E-state index in [1.54, 1.807) is 13.2 Å². The average Bonchev–Trinajstić information content (AvgIpc) is 3.46. The number of hydrogen-bond acceptors (Lipinski definition) is 4. The highest BCUT2D eigenvalue weighted by molar-refractivity contribution is 8.00. The van der Waals surface area contributed by atoms with Crippen molar-refractivity contribution in [3.05, 3.63) is 48.5 Å². The molecule has 5 nitrogen and oxygen atoms in total. The lowest BCUT2D eigenvalue weighted by molar-refractivity contribution is -0.117. The highest BCUT2D eigenvalue weighted by Crippen LogP contribution is 2.30. The summed E-state index contributed by atoms with van der Waals surface area (Å²) >= 11 is 1.46. The van der Waals surface area contributed by atoms with Crippen LogP contribution in [-0.4, -0.2) is 24.7 Å². The first-order valence-corrected chi connectivity index (χ1v) is 9.10. The Morgan fingerprint density at radius 2 is 1.76 bits per heavy atom. The van der Waals surface area contributed by atoms with Gasteiger partial charge in [0.2, 0.25) is 11.8 Å². The lowest BCUT2D eigenvalue weighted by Gasteiger charge is -2.09. The maximum absolute atomic E-state index is 12.1. The van der Waals surface area contributed by atoms with Crippen molar-refractivity contribution in [3.63, 3.8) is 0 Å². The molecule has 2 amide bonds. The molecule has 0 heterocycles. The molecule has 0 atom stereocenters. The van der Waals surface area contributed by atoms with Crippen LogP contribution >= 0.6 is 11.8 Å². The molecule has 1 aliphatic rings. The Labute approximate surface area is 151 Å². The Balaban J connectivity index is 1.50. The summed E-state index contributed by atoms with van der Waals surface area (Å²) in [7, 11) is 1.62. The van der Waals surface area contributed by atoms with Crippen LogP contribution in [0, 0.1) is 5.92 Å². The van der Waals surface area contributed by atoms with Crippen molar-refractivity contribution in [2.75, 3.05) is 23.5 Å². The normalized spacial score (nSPS) is 13.2. The van der Waals surface area contributed by atoms with Crippen molar-refractivity contribution in [2.24, 2.45) is 5.92 Å². The van der Waals surface area contributed by atoms with Crippen LogP contribution in [-0.2, 0) is 9.59 Å². The number of hydrogen-bond donors (Lipinski definition) is 2. The zero-order chi connectivity index (χ0) is 17.6. The Bertz CT molecular complexity index is 758. The van der Waals surface area contributed by atoms with E-state index >= 15 is 0 Å². The first-order valence-electron chi connectivity index (χ1n) is 8.11. The second-order valence-electron chi connectivity index (χ2n) is 5.86. The molecule has 3 rings (SSSR count). The van der Waals surface area contributed by atoms with Gasteiger partial charge in [-0.15, -0.1) is 11.8 Å². The number of ether oxygens (including phenoxy) is 1. The van der Waals surface area contributed by atoms with Crippen molar-refractivity contribution < 1.29 is 14.3 Å². The number of thioether (sulfide) groups is 1. The summed E-state index contributed by atoms with van der Waals surface area (Å²) in [6.07, 6.45) is 1.93. The fourth-order valence-electron chi connectivity index (χ4n) is 2.28. The van der Waals surface area contributed by atoms with Crippen molar-refractivity contribution >= 4 is 35.0 Å². The summed E-state index contributed by atoms with van der Waals surface area (Å²) in [5.41, 5.74) is 1.38. The third kappa shape index (κ3) is 5.26. The van der Waals surface area contributed by atoms with E-state index in [-0.39, 0.29) is 17.7 Å². The number of methoxy groups -OCH3 is 1. The first kappa shape index (κ1) is 17.4. The highest BCUT2D eigenvalue weighted by Gasteiger charge is 2.29. The third-order valence-corrected chi connectivity index (χ3v) is 4.80. The number of nitrogens with one attached hydrogen (secondary N) is 2. The van der Waals surface area contributed by atoms with Crippen molar-refractivity contribution in [2.45, 2.75) is 17.7 Å². The van der Waals surface area contributed by atoms with Crippen LogP contribution in [0.4, 0.5) is 11.4 Å². The van der Waals surface area contributed by atoms with E-state index in [0.29, 0.717) is 17.1 Å². The molecule has 1 aliphatic carbocycles. The number of benzene rings is 2. The predicted octanol–water partition coefficient (Wildman–Crippen LogP) is 3.77. The second kappa shape index (κ2) is 8.07. The molecular weight excluding hydrogens is 336 g/mol. The molecule has 6 heteroatoms. The Kier molecular flexibility index (Phi) is 5.60. The fourth-order valence-corrected chi connectivity index (χ4v) is 2.98. The molecule has 0 aromatic heterocycles. The van der Waals surface area contributed by atoms with Gasteiger partial charge in [0, 0.05) is 22.2 Å². The molecule has 0 bridgehead atoms. The van der Waals surface area contributed by atoms with E-state index in [1.807, 2.05) is 42.5 Å². The molecule has 2 aromatic carbocycles. The van der Waals surface area contributed by atoms with Gasteiger partial charge in [-0.05, 0) is 55.3 Å². The van der Waals surface area contributed by atoms with Gasteiger partial charge in [-0.2, -0.15) is 0 Å². The van der Waals surface area contributed by atoms with Gasteiger partial charge >= 0.3 is 0 Å². The summed E-state index contributed by atoms with van der Waals surface area (Å²) in [5, 5.41) is 5.74. The zero-order valence-electron chi connectivity index (χ0n) is 14.0. The van der Waals surface area contributed by atoms with E-state index in [1.165, 1.54) is 11.8 Å². The van der Waals surface area contributed by atoms with Gasteiger partial charge in [0.25, 0.3) is 0 Å². The number of carbonyl (C=O) groups is 2. The van der Waals surface area contributed by atoms with Crippen molar-refractivity contribution in [3.8, 4) is 5.75 Å². The first-order chi connectivity index (χ1) is 12.1. The monoisotopic (exact) mass is 356 g/mol. The highest BCUT2D eigenvalue weighted by atomic mass is 32.2. The van der Waals surface area contributed by atoms with Crippen LogP contribution in [0.1, 0.15) is 12.8 Å². The summed E-state index contributed by atoms with van der Waals surface area (Å²) in [6, 6.07) is 14.8. The van der Waals surface area contributed by atoms with Gasteiger partial charge in [0.1, 0.15) is 5.75 Å². The van der Waals surface area contributed by atoms with E-state index in [2.05, 4.69) is 10.6 Å². The predicted molar refractivity (Wildman–Crippen MR) is 100 cm³/mol. The third-order valence-electron chi connectivity index (χ3n) is 3.79. The lowest BCUT2D eigenvalue weighted by Crippen LogP contribution is -2.15. The Hall–Kier alpha value is -2.47. The minimum absolute atomic E-state index is 0.0542. The van der Waals surface area contributed by atoms with E-state index in [4.69, 9.17) is 4.74 Å². The number of carbonyl (C=O) groups excluding carboxylic acids is 2. The fraction of sp³-hybridized carbons (Fsp3) is 0.263. The minimum Gasteiger partial charge on any atom is -0.497 e. The van der Waals surface area contributed by atoms with Crippen LogP contribution in [0.15, 0.2) is 53.4 Å².